The van der Waals surface area contributed by atoms with Crippen molar-refractivity contribution < 1.29 is 18.7 Å². The van der Waals surface area contributed by atoms with Crippen LogP contribution in [-0.2, 0) is 10.5 Å². The maximum atomic E-state index is 12.9. The van der Waals surface area contributed by atoms with Crippen LogP contribution in [0.15, 0.2) is 65.7 Å². The summed E-state index contributed by atoms with van der Waals surface area (Å²) in [5.41, 5.74) is 1.27. The lowest BCUT2D eigenvalue weighted by molar-refractivity contribution is -0.118. The second-order valence-corrected chi connectivity index (χ2v) is 7.40. The number of hydrogen-bond acceptors (Lipinski definition) is 5. The Morgan fingerprint density at radius 1 is 1.14 bits per heavy atom. The number of ether oxygens (including phenoxy) is 2. The van der Waals surface area contributed by atoms with Gasteiger partial charge in [-0.15, -0.1) is 11.8 Å². The van der Waals surface area contributed by atoms with Crippen molar-refractivity contribution in [1.29, 1.82) is 0 Å². The summed E-state index contributed by atoms with van der Waals surface area (Å²) < 4.78 is 23.8. The highest BCUT2D eigenvalue weighted by Crippen LogP contribution is 2.30. The number of pyridine rings is 1. The minimum Gasteiger partial charge on any atom is -0.491 e. The van der Waals surface area contributed by atoms with E-state index in [1.165, 1.54) is 31.4 Å². The summed E-state index contributed by atoms with van der Waals surface area (Å²) in [6.07, 6.45) is 1.56. The number of thioether (sulfide) groups is 1. The van der Waals surface area contributed by atoms with E-state index in [9.17, 15) is 9.18 Å². The second-order valence-electron chi connectivity index (χ2n) is 5.91. The molecule has 0 radical (unpaired) electrons. The summed E-state index contributed by atoms with van der Waals surface area (Å²) in [7, 11) is 1.50. The van der Waals surface area contributed by atoms with Crippen molar-refractivity contribution in [2.24, 2.45) is 0 Å². The van der Waals surface area contributed by atoms with Crippen LogP contribution in [0.5, 0.6) is 11.5 Å². The number of carbonyl (C=O) groups excluding carboxylic acids is 1. The number of hydrogen-bond donors (Lipinski definition) is 1. The maximum Gasteiger partial charge on any atom is 0.262 e. The monoisotopic (exact) mass is 432 g/mol. The van der Waals surface area contributed by atoms with Crippen LogP contribution >= 0.6 is 23.4 Å². The minimum absolute atomic E-state index is 0.221. The zero-order valence-corrected chi connectivity index (χ0v) is 17.1. The molecule has 0 spiro atoms. The largest absolute Gasteiger partial charge is 0.491 e. The smallest absolute Gasteiger partial charge is 0.262 e. The van der Waals surface area contributed by atoms with Gasteiger partial charge in [0.15, 0.2) is 18.1 Å². The molecule has 2 aromatic carbocycles. The first kappa shape index (κ1) is 21.0. The maximum absolute atomic E-state index is 12.9. The molecule has 0 fully saturated rings. The number of rotatable bonds is 8. The molecular formula is C21H18ClFN2O3S. The molecule has 0 saturated carbocycles. The first-order chi connectivity index (χ1) is 14.0. The van der Waals surface area contributed by atoms with E-state index >= 15 is 0 Å². The van der Waals surface area contributed by atoms with Crippen molar-refractivity contribution in [3.8, 4) is 11.5 Å². The summed E-state index contributed by atoms with van der Waals surface area (Å²) in [5.74, 6) is 0.727. The second kappa shape index (κ2) is 10.1. The number of carbonyl (C=O) groups is 1. The number of nitrogens with one attached hydrogen (secondary N) is 1. The van der Waals surface area contributed by atoms with Gasteiger partial charge in [-0.05, 0) is 48.5 Å². The quantitative estimate of drug-likeness (QED) is 0.496. The first-order valence-electron chi connectivity index (χ1n) is 8.63. The van der Waals surface area contributed by atoms with E-state index in [0.717, 1.165) is 10.6 Å². The molecule has 0 aliphatic rings. The fourth-order valence-electron chi connectivity index (χ4n) is 2.37. The molecule has 0 unspecified atom stereocenters. The van der Waals surface area contributed by atoms with E-state index in [1.54, 1.807) is 24.0 Å². The molecule has 1 heterocycles. The van der Waals surface area contributed by atoms with E-state index in [1.807, 2.05) is 24.3 Å². The van der Waals surface area contributed by atoms with Crippen LogP contribution < -0.4 is 14.8 Å². The van der Waals surface area contributed by atoms with Crippen molar-refractivity contribution in [1.82, 2.24) is 4.98 Å². The number of anilines is 1. The third-order valence-corrected chi connectivity index (χ3v) is 5.09. The van der Waals surface area contributed by atoms with Gasteiger partial charge in [0, 0.05) is 27.4 Å². The Labute approximate surface area is 177 Å². The number of methoxy groups -OCH3 is 1. The number of benzene rings is 2. The van der Waals surface area contributed by atoms with Gasteiger partial charge in [0.05, 0.1) is 19.0 Å². The third-order valence-electron chi connectivity index (χ3n) is 3.80. The van der Waals surface area contributed by atoms with E-state index in [2.05, 4.69) is 10.3 Å². The molecule has 1 aromatic heterocycles. The molecule has 1 amide bonds. The fraction of sp³-hybridized carbons (Fsp3) is 0.143. The molecule has 8 heteroatoms. The molecule has 3 aromatic rings. The zero-order chi connectivity index (χ0) is 20.6. The molecular weight excluding hydrogens is 415 g/mol. The summed E-state index contributed by atoms with van der Waals surface area (Å²) >= 11 is 7.50. The first-order valence-corrected chi connectivity index (χ1v) is 9.99. The summed E-state index contributed by atoms with van der Waals surface area (Å²) in [6, 6.07) is 14.8. The van der Waals surface area contributed by atoms with Crippen LogP contribution in [-0.4, -0.2) is 24.6 Å². The van der Waals surface area contributed by atoms with E-state index in [-0.39, 0.29) is 18.3 Å². The molecule has 0 saturated heterocycles. The van der Waals surface area contributed by atoms with Crippen LogP contribution in [0.1, 0.15) is 5.69 Å². The average molecular weight is 433 g/mol. The molecule has 5 nitrogen and oxygen atoms in total. The molecule has 1 N–H and O–H groups in total. The predicted octanol–water partition coefficient (Wildman–Crippen LogP) is 5.19. The van der Waals surface area contributed by atoms with Crippen molar-refractivity contribution in [2.75, 3.05) is 19.0 Å². The molecule has 29 heavy (non-hydrogen) atoms. The van der Waals surface area contributed by atoms with Crippen LogP contribution in [0.25, 0.3) is 0 Å². The Morgan fingerprint density at radius 3 is 2.55 bits per heavy atom. The number of amides is 1. The normalized spacial score (nSPS) is 10.4. The van der Waals surface area contributed by atoms with Crippen LogP contribution in [0.4, 0.5) is 10.1 Å². The lowest BCUT2D eigenvalue weighted by Gasteiger charge is -2.12. The lowest BCUT2D eigenvalue weighted by atomic mass is 10.3. The van der Waals surface area contributed by atoms with Crippen LogP contribution in [0.2, 0.25) is 5.02 Å². The molecule has 3 rings (SSSR count). The van der Waals surface area contributed by atoms with Gasteiger partial charge >= 0.3 is 0 Å². The highest BCUT2D eigenvalue weighted by Gasteiger charge is 2.11. The van der Waals surface area contributed by atoms with Crippen molar-refractivity contribution >= 4 is 35.0 Å². The Kier molecular flexibility index (Phi) is 7.32. The molecule has 0 atom stereocenters. The van der Waals surface area contributed by atoms with Gasteiger partial charge in [0.1, 0.15) is 5.82 Å². The van der Waals surface area contributed by atoms with Gasteiger partial charge in [-0.1, -0.05) is 11.6 Å². The third kappa shape index (κ3) is 6.37. The van der Waals surface area contributed by atoms with E-state index in [4.69, 9.17) is 21.1 Å². The Bertz CT molecular complexity index is 969. The molecule has 0 bridgehead atoms. The standard InChI is InChI=1S/C21H18ClFN2O3S/c1-27-20-11-24-17(13-29-18-8-2-14(22)3-9-18)10-19(20)28-12-21(26)25-16-6-4-15(23)5-7-16/h2-11H,12-13H2,1H3,(H,25,26). The van der Waals surface area contributed by atoms with Crippen molar-refractivity contribution in [3.63, 3.8) is 0 Å². The average Bonchev–Trinajstić information content (AvgIpc) is 2.73. The Morgan fingerprint density at radius 2 is 1.86 bits per heavy atom. The summed E-state index contributed by atoms with van der Waals surface area (Å²) in [5, 5.41) is 3.33. The van der Waals surface area contributed by atoms with Crippen molar-refractivity contribution in [2.45, 2.75) is 10.6 Å². The number of halogens is 2. The van der Waals surface area contributed by atoms with Gasteiger partial charge in [-0.3, -0.25) is 9.78 Å². The Hall–Kier alpha value is -2.77. The predicted molar refractivity (Wildman–Crippen MR) is 112 cm³/mol. The molecule has 0 aliphatic carbocycles. The Balaban J connectivity index is 1.59. The van der Waals surface area contributed by atoms with Gasteiger partial charge in [-0.25, -0.2) is 4.39 Å². The summed E-state index contributed by atoms with van der Waals surface area (Å²) in [4.78, 5) is 17.5. The highest BCUT2D eigenvalue weighted by molar-refractivity contribution is 7.98. The number of aromatic nitrogens is 1. The lowest BCUT2D eigenvalue weighted by Crippen LogP contribution is -2.20. The van der Waals surface area contributed by atoms with Gasteiger partial charge < -0.3 is 14.8 Å². The van der Waals surface area contributed by atoms with E-state index < -0.39 is 0 Å². The highest BCUT2D eigenvalue weighted by atomic mass is 35.5. The van der Waals surface area contributed by atoms with Crippen LogP contribution in [0, 0.1) is 5.82 Å². The van der Waals surface area contributed by atoms with Gasteiger partial charge in [0.25, 0.3) is 5.91 Å². The van der Waals surface area contributed by atoms with Crippen molar-refractivity contribution in [3.05, 3.63) is 77.3 Å². The number of nitrogens with zero attached hydrogens (tertiary/aromatic N) is 1. The van der Waals surface area contributed by atoms with Gasteiger partial charge in [-0.2, -0.15) is 0 Å². The minimum atomic E-state index is -0.371. The van der Waals surface area contributed by atoms with E-state index in [0.29, 0.717) is 28.0 Å². The molecule has 0 aliphatic heterocycles. The zero-order valence-electron chi connectivity index (χ0n) is 15.5. The van der Waals surface area contributed by atoms with Crippen LogP contribution in [0.3, 0.4) is 0 Å². The topological polar surface area (TPSA) is 60.5 Å². The SMILES string of the molecule is COc1cnc(CSc2ccc(Cl)cc2)cc1OCC(=O)Nc1ccc(F)cc1. The summed E-state index contributed by atoms with van der Waals surface area (Å²) in [6.45, 7) is -0.221. The van der Waals surface area contributed by atoms with Gasteiger partial charge in [0.2, 0.25) is 0 Å². The fourth-order valence-corrected chi connectivity index (χ4v) is 3.30. The molecule has 150 valence electrons.